The molecule has 6 N–H and O–H groups in total. The molecule has 13 nitrogen and oxygen atoms in total. The van der Waals surface area contributed by atoms with Crippen LogP contribution in [0.5, 0.6) is 0 Å². The smallest absolute Gasteiger partial charge is 0.235 e. The molecule has 0 aliphatic heterocycles. The van der Waals surface area contributed by atoms with Crippen molar-refractivity contribution in [2.75, 3.05) is 68.3 Å². The van der Waals surface area contributed by atoms with Gasteiger partial charge in [0.15, 0.2) is 0 Å². The van der Waals surface area contributed by atoms with Gasteiger partial charge >= 0.3 is 0 Å². The van der Waals surface area contributed by atoms with Crippen molar-refractivity contribution in [3.8, 4) is 0 Å². The first kappa shape index (κ1) is 25.6. The van der Waals surface area contributed by atoms with Crippen molar-refractivity contribution < 1.29 is 35.4 Å². The van der Waals surface area contributed by atoms with Crippen molar-refractivity contribution in [2.45, 2.75) is 0 Å². The highest BCUT2D eigenvalue weighted by Gasteiger charge is 2.18. The highest BCUT2D eigenvalue weighted by Crippen LogP contribution is 2.18. The van der Waals surface area contributed by atoms with Crippen molar-refractivity contribution >= 4 is 17.8 Å². The Balaban J connectivity index is 0.000000887. The van der Waals surface area contributed by atoms with E-state index in [1.807, 2.05) is 0 Å². The minimum Gasteiger partial charge on any atom is -0.376 e. The van der Waals surface area contributed by atoms with Gasteiger partial charge in [-0.05, 0) is 0 Å². The summed E-state index contributed by atoms with van der Waals surface area (Å²) in [6.07, 6.45) is 3.42. The Morgan fingerprint density at radius 1 is 0.607 bits per heavy atom. The molecule has 0 amide bonds. The molecule has 0 aromatic carbocycles. The van der Waals surface area contributed by atoms with Crippen LogP contribution in [0.4, 0.5) is 17.8 Å². The number of ether oxygens (including phenoxy) is 1. The van der Waals surface area contributed by atoms with Crippen LogP contribution in [-0.2, 0) is 4.74 Å². The Kier molecular flexibility index (Phi) is 14.3. The zero-order valence-corrected chi connectivity index (χ0v) is 15.5. The maximum absolute atomic E-state index is 9.11. The molecule has 0 fully saturated rings. The summed E-state index contributed by atoms with van der Waals surface area (Å²) in [5.74, 6) is -0.503. The summed E-state index contributed by atoms with van der Waals surface area (Å²) < 4.78 is 4.90. The second-order valence-electron chi connectivity index (χ2n) is 4.82. The van der Waals surface area contributed by atoms with E-state index in [1.54, 1.807) is 12.2 Å². The van der Waals surface area contributed by atoms with E-state index in [2.05, 4.69) is 28.1 Å². The Morgan fingerprint density at radius 3 is 1.04 bits per heavy atom. The molecule has 0 atom stereocenters. The number of aliphatic hydroxyl groups is 6. The van der Waals surface area contributed by atoms with E-state index in [1.165, 1.54) is 0 Å². The third kappa shape index (κ3) is 8.53. The van der Waals surface area contributed by atoms with E-state index in [9.17, 15) is 0 Å². The van der Waals surface area contributed by atoms with Crippen LogP contribution >= 0.6 is 0 Å². The number of hydrogen-bond donors (Lipinski definition) is 6. The summed E-state index contributed by atoms with van der Waals surface area (Å²) in [6, 6.07) is 0. The lowest BCUT2D eigenvalue weighted by Crippen LogP contribution is -2.34. The Hall–Kier alpha value is -2.39. The number of rotatable bonds is 13. The van der Waals surface area contributed by atoms with Crippen LogP contribution in [0.3, 0.4) is 0 Å². The fourth-order valence-electron chi connectivity index (χ4n) is 1.52. The summed E-state index contributed by atoms with van der Waals surface area (Å²) >= 11 is 0. The Labute approximate surface area is 162 Å². The lowest BCUT2D eigenvalue weighted by molar-refractivity contribution is 0.194. The van der Waals surface area contributed by atoms with Crippen LogP contribution in [0, 0.1) is 0 Å². The van der Waals surface area contributed by atoms with Crippen molar-refractivity contribution in [3.63, 3.8) is 0 Å². The topological polar surface area (TPSA) is 179 Å². The predicted molar refractivity (Wildman–Crippen MR) is 101 cm³/mol. The van der Waals surface area contributed by atoms with Crippen LogP contribution in [0.2, 0.25) is 0 Å². The van der Waals surface area contributed by atoms with Crippen molar-refractivity contribution in [1.82, 2.24) is 15.0 Å². The van der Waals surface area contributed by atoms with E-state index in [0.29, 0.717) is 13.2 Å². The SMILES string of the molecule is C=CCOCC=C.OCN(CO)c1nc(N(CO)CO)nc(N(CO)CO)n1. The first-order chi connectivity index (χ1) is 13.6. The van der Waals surface area contributed by atoms with E-state index >= 15 is 0 Å². The van der Waals surface area contributed by atoms with E-state index in [4.69, 9.17) is 35.4 Å². The molecule has 0 saturated heterocycles. The van der Waals surface area contributed by atoms with Crippen LogP contribution < -0.4 is 14.7 Å². The number of hydrogen-bond acceptors (Lipinski definition) is 13. The van der Waals surface area contributed by atoms with Gasteiger partial charge in [-0.2, -0.15) is 15.0 Å². The molecule has 1 rings (SSSR count). The molecule has 1 aromatic heterocycles. The minimum absolute atomic E-state index is 0.168. The molecule has 0 spiro atoms. The van der Waals surface area contributed by atoms with Gasteiger partial charge in [0.2, 0.25) is 17.8 Å². The monoisotopic (exact) mass is 404 g/mol. The van der Waals surface area contributed by atoms with Crippen molar-refractivity contribution in [3.05, 3.63) is 25.3 Å². The van der Waals surface area contributed by atoms with E-state index in [0.717, 1.165) is 14.7 Å². The van der Waals surface area contributed by atoms with Gasteiger partial charge in [-0.3, -0.25) is 14.7 Å². The number of aliphatic hydroxyl groups excluding tert-OH is 6. The molecule has 28 heavy (non-hydrogen) atoms. The maximum Gasteiger partial charge on any atom is 0.235 e. The van der Waals surface area contributed by atoms with Gasteiger partial charge in [0.05, 0.1) is 13.2 Å². The molecule has 0 aliphatic carbocycles. The summed E-state index contributed by atoms with van der Waals surface area (Å²) in [5.41, 5.74) is 0. The Bertz CT molecular complexity index is 471. The zero-order chi connectivity index (χ0) is 21.4. The normalized spacial score (nSPS) is 9.93. The molecule has 0 bridgehead atoms. The average molecular weight is 404 g/mol. The zero-order valence-electron chi connectivity index (χ0n) is 15.5. The molecule has 1 heterocycles. The fraction of sp³-hybridized carbons (Fsp3) is 0.533. The quantitative estimate of drug-likeness (QED) is 0.114. The summed E-state index contributed by atoms with van der Waals surface area (Å²) in [7, 11) is 0. The Morgan fingerprint density at radius 2 is 0.857 bits per heavy atom. The van der Waals surface area contributed by atoms with Crippen LogP contribution in [0.15, 0.2) is 25.3 Å². The highest BCUT2D eigenvalue weighted by molar-refractivity contribution is 5.45. The molecular formula is C15H28N6O7. The first-order valence-corrected chi connectivity index (χ1v) is 8.02. The number of nitrogens with zero attached hydrogens (tertiary/aromatic N) is 6. The predicted octanol–water partition coefficient (Wildman–Crippen LogP) is -2.64. The van der Waals surface area contributed by atoms with Gasteiger partial charge in [-0.25, -0.2) is 0 Å². The third-order valence-electron chi connectivity index (χ3n) is 2.94. The molecule has 0 aliphatic rings. The summed E-state index contributed by atoms with van der Waals surface area (Å²) in [6.45, 7) is 4.57. The van der Waals surface area contributed by atoms with Gasteiger partial charge in [0.25, 0.3) is 0 Å². The molecule has 160 valence electrons. The number of anilines is 3. The van der Waals surface area contributed by atoms with Gasteiger partial charge < -0.3 is 35.4 Å². The van der Waals surface area contributed by atoms with Crippen molar-refractivity contribution in [1.29, 1.82) is 0 Å². The van der Waals surface area contributed by atoms with Crippen LogP contribution in [0.25, 0.3) is 0 Å². The van der Waals surface area contributed by atoms with Gasteiger partial charge in [0, 0.05) is 0 Å². The second-order valence-corrected chi connectivity index (χ2v) is 4.82. The van der Waals surface area contributed by atoms with Gasteiger partial charge in [0.1, 0.15) is 40.4 Å². The fourth-order valence-corrected chi connectivity index (χ4v) is 1.52. The molecule has 13 heteroatoms. The largest absolute Gasteiger partial charge is 0.376 e. The molecule has 0 saturated carbocycles. The lowest BCUT2D eigenvalue weighted by atomic mass is 10.6. The van der Waals surface area contributed by atoms with Crippen LogP contribution in [-0.4, -0.2) is 99.2 Å². The lowest BCUT2D eigenvalue weighted by Gasteiger charge is -2.24. The number of aromatic nitrogens is 3. The second kappa shape index (κ2) is 15.6. The molecular weight excluding hydrogens is 376 g/mol. The van der Waals surface area contributed by atoms with Gasteiger partial charge in [-0.1, -0.05) is 12.2 Å². The maximum atomic E-state index is 9.11. The summed E-state index contributed by atoms with van der Waals surface area (Å²) in [5, 5.41) is 54.6. The van der Waals surface area contributed by atoms with Crippen molar-refractivity contribution in [2.24, 2.45) is 0 Å². The average Bonchev–Trinajstić information content (AvgIpc) is 2.72. The molecule has 1 aromatic rings. The van der Waals surface area contributed by atoms with Gasteiger partial charge in [-0.15, -0.1) is 13.2 Å². The first-order valence-electron chi connectivity index (χ1n) is 8.02. The summed E-state index contributed by atoms with van der Waals surface area (Å²) in [4.78, 5) is 14.5. The molecule has 0 unspecified atom stereocenters. The highest BCUT2D eigenvalue weighted by atomic mass is 16.5. The van der Waals surface area contributed by atoms with E-state index < -0.39 is 40.4 Å². The third-order valence-corrected chi connectivity index (χ3v) is 2.94. The van der Waals surface area contributed by atoms with Crippen LogP contribution in [0.1, 0.15) is 0 Å². The minimum atomic E-state index is -0.601. The molecule has 0 radical (unpaired) electrons. The van der Waals surface area contributed by atoms with E-state index in [-0.39, 0.29) is 17.8 Å². The standard InChI is InChI=1S/C9H18N6O6.C6H10O/c16-1-13(2-17)7-10-8(14(3-18)4-19)12-9(11-7)15(5-20)6-21;1-3-5-7-6-4-2/h16-21H,1-6H2;3-4H,1-2,5-6H2.